The predicted molar refractivity (Wildman–Crippen MR) is 118 cm³/mol. The van der Waals surface area contributed by atoms with E-state index in [9.17, 15) is 18.0 Å². The van der Waals surface area contributed by atoms with Crippen molar-refractivity contribution in [2.45, 2.75) is 6.54 Å². The molecule has 3 N–H and O–H groups in total. The van der Waals surface area contributed by atoms with Gasteiger partial charge in [0.15, 0.2) is 0 Å². The zero-order valence-corrected chi connectivity index (χ0v) is 18.9. The van der Waals surface area contributed by atoms with Gasteiger partial charge in [0, 0.05) is 23.5 Å². The molecular formula is C21H17Br2F3N2O2. The average Bonchev–Trinajstić information content (AvgIpc) is 2.72. The summed E-state index contributed by atoms with van der Waals surface area (Å²) in [5.41, 5.74) is 7.09. The SMILES string of the molecule is COC(=O)c1ccc(CNc2ccc(F)c(Br)c2)c(F)c1.Nc1ccc(F)c(Br)c1. The molecule has 0 aliphatic carbocycles. The molecule has 3 aromatic carbocycles. The molecule has 0 heterocycles. The molecule has 0 spiro atoms. The number of nitrogens with one attached hydrogen (secondary N) is 1. The fraction of sp³-hybridized carbons (Fsp3) is 0.0952. The van der Waals surface area contributed by atoms with Crippen molar-refractivity contribution in [1.82, 2.24) is 0 Å². The number of anilines is 2. The molecule has 0 bridgehead atoms. The molecule has 0 amide bonds. The van der Waals surface area contributed by atoms with Crippen molar-refractivity contribution >= 4 is 49.2 Å². The van der Waals surface area contributed by atoms with Gasteiger partial charge in [0.05, 0.1) is 21.6 Å². The van der Waals surface area contributed by atoms with Gasteiger partial charge in [0.25, 0.3) is 0 Å². The van der Waals surface area contributed by atoms with Crippen molar-refractivity contribution in [3.63, 3.8) is 0 Å². The lowest BCUT2D eigenvalue weighted by molar-refractivity contribution is 0.0600. The highest BCUT2D eigenvalue weighted by atomic mass is 79.9. The van der Waals surface area contributed by atoms with Crippen LogP contribution in [0.5, 0.6) is 0 Å². The van der Waals surface area contributed by atoms with Crippen LogP contribution in [0.4, 0.5) is 24.5 Å². The molecule has 0 saturated heterocycles. The van der Waals surface area contributed by atoms with E-state index in [4.69, 9.17) is 5.73 Å². The van der Waals surface area contributed by atoms with Crippen molar-refractivity contribution in [2.75, 3.05) is 18.2 Å². The zero-order chi connectivity index (χ0) is 22.3. The number of benzene rings is 3. The Hall–Kier alpha value is -2.52. The smallest absolute Gasteiger partial charge is 0.337 e. The second kappa shape index (κ2) is 11.0. The highest BCUT2D eigenvalue weighted by Gasteiger charge is 2.10. The van der Waals surface area contributed by atoms with Crippen molar-refractivity contribution in [3.8, 4) is 0 Å². The van der Waals surface area contributed by atoms with Gasteiger partial charge in [-0.15, -0.1) is 0 Å². The average molecular weight is 546 g/mol. The lowest BCUT2D eigenvalue weighted by Gasteiger charge is -2.09. The monoisotopic (exact) mass is 544 g/mol. The quantitative estimate of drug-likeness (QED) is 0.298. The minimum Gasteiger partial charge on any atom is -0.465 e. The number of rotatable bonds is 4. The van der Waals surface area contributed by atoms with Gasteiger partial charge in [-0.3, -0.25) is 0 Å². The minimum absolute atomic E-state index is 0.156. The van der Waals surface area contributed by atoms with Crippen molar-refractivity contribution in [2.24, 2.45) is 0 Å². The molecule has 9 heteroatoms. The molecule has 0 aliphatic heterocycles. The van der Waals surface area contributed by atoms with E-state index < -0.39 is 11.8 Å². The van der Waals surface area contributed by atoms with Gasteiger partial charge in [0.1, 0.15) is 17.5 Å². The minimum atomic E-state index is -0.587. The van der Waals surface area contributed by atoms with Gasteiger partial charge in [0.2, 0.25) is 0 Å². The third-order valence-electron chi connectivity index (χ3n) is 3.82. The van der Waals surface area contributed by atoms with E-state index in [0.717, 1.165) is 6.07 Å². The normalized spacial score (nSPS) is 10.1. The largest absolute Gasteiger partial charge is 0.465 e. The van der Waals surface area contributed by atoms with E-state index in [2.05, 4.69) is 41.9 Å². The highest BCUT2D eigenvalue weighted by Crippen LogP contribution is 2.21. The van der Waals surface area contributed by atoms with Crippen LogP contribution >= 0.6 is 31.9 Å². The molecule has 30 heavy (non-hydrogen) atoms. The Morgan fingerprint density at radius 1 is 0.933 bits per heavy atom. The zero-order valence-electron chi connectivity index (χ0n) is 15.7. The molecule has 0 fully saturated rings. The van der Waals surface area contributed by atoms with E-state index in [0.29, 0.717) is 25.9 Å². The summed E-state index contributed by atoms with van der Waals surface area (Å²) in [7, 11) is 1.24. The molecule has 4 nitrogen and oxygen atoms in total. The fourth-order valence-electron chi connectivity index (χ4n) is 2.25. The summed E-state index contributed by atoms with van der Waals surface area (Å²) >= 11 is 6.07. The standard InChI is InChI=1S/C15H12BrF2NO2.C6H5BrFN/c1-21-15(20)9-2-3-10(14(18)6-9)8-19-11-4-5-13(17)12(16)7-11;7-5-3-4(9)1-2-6(5)8/h2-7,19H,8H2,1H3;1-3H,9H2. The maximum Gasteiger partial charge on any atom is 0.337 e. The molecule has 0 atom stereocenters. The summed E-state index contributed by atoms with van der Waals surface area (Å²) in [6.07, 6.45) is 0. The van der Waals surface area contributed by atoms with Crippen LogP contribution in [0.1, 0.15) is 15.9 Å². The highest BCUT2D eigenvalue weighted by molar-refractivity contribution is 9.10. The topological polar surface area (TPSA) is 64.3 Å². The van der Waals surface area contributed by atoms with E-state index in [1.165, 1.54) is 43.5 Å². The van der Waals surface area contributed by atoms with Gasteiger partial charge in [-0.1, -0.05) is 6.07 Å². The van der Waals surface area contributed by atoms with Gasteiger partial charge >= 0.3 is 5.97 Å². The Morgan fingerprint density at radius 2 is 1.57 bits per heavy atom. The summed E-state index contributed by atoms with van der Waals surface area (Å²) in [4.78, 5) is 11.3. The van der Waals surface area contributed by atoms with Gasteiger partial charge in [-0.2, -0.15) is 0 Å². The molecule has 0 aliphatic rings. The molecule has 3 aromatic rings. The number of hydrogen-bond donors (Lipinski definition) is 2. The van der Waals surface area contributed by atoms with E-state index in [1.807, 2.05) is 0 Å². The lowest BCUT2D eigenvalue weighted by atomic mass is 10.1. The summed E-state index contributed by atoms with van der Waals surface area (Å²) in [5, 5.41) is 2.98. The third kappa shape index (κ3) is 6.77. The number of carbonyl (C=O) groups is 1. The number of nitrogen functional groups attached to an aromatic ring is 1. The molecule has 0 aromatic heterocycles. The van der Waals surface area contributed by atoms with Crippen molar-refractivity contribution in [1.29, 1.82) is 0 Å². The van der Waals surface area contributed by atoms with Gasteiger partial charge in [-0.05, 0) is 80.4 Å². The van der Waals surface area contributed by atoms with Crippen LogP contribution in [0.25, 0.3) is 0 Å². The first-order valence-corrected chi connectivity index (χ1v) is 10.1. The summed E-state index contributed by atoms with van der Waals surface area (Å²) in [5.74, 6) is -1.75. The summed E-state index contributed by atoms with van der Waals surface area (Å²) in [6, 6.07) is 12.9. The number of ether oxygens (including phenoxy) is 1. The van der Waals surface area contributed by atoms with Crippen LogP contribution in [0.3, 0.4) is 0 Å². The van der Waals surface area contributed by atoms with Gasteiger partial charge < -0.3 is 15.8 Å². The maximum absolute atomic E-state index is 13.9. The van der Waals surface area contributed by atoms with Crippen LogP contribution in [-0.2, 0) is 11.3 Å². The van der Waals surface area contributed by atoms with E-state index in [1.54, 1.807) is 12.1 Å². The van der Waals surface area contributed by atoms with Crippen LogP contribution in [-0.4, -0.2) is 13.1 Å². The van der Waals surface area contributed by atoms with Crippen LogP contribution in [0, 0.1) is 17.5 Å². The molecule has 158 valence electrons. The van der Waals surface area contributed by atoms with Crippen LogP contribution in [0.15, 0.2) is 63.5 Å². The number of esters is 1. The Balaban J connectivity index is 0.000000297. The number of halogens is 5. The summed E-state index contributed by atoms with van der Waals surface area (Å²) < 4.78 is 44.6. The third-order valence-corrected chi connectivity index (χ3v) is 5.04. The van der Waals surface area contributed by atoms with Crippen molar-refractivity contribution < 1.29 is 22.7 Å². The fourth-order valence-corrected chi connectivity index (χ4v) is 3.03. The molecule has 0 radical (unpaired) electrons. The predicted octanol–water partition coefficient (Wildman–Crippen LogP) is 6.30. The second-order valence-corrected chi connectivity index (χ2v) is 7.66. The van der Waals surface area contributed by atoms with Crippen LogP contribution in [0.2, 0.25) is 0 Å². The Labute approximate surface area is 188 Å². The number of nitrogens with two attached hydrogens (primary N) is 1. The molecule has 0 saturated carbocycles. The first kappa shape index (κ1) is 23.8. The van der Waals surface area contributed by atoms with Gasteiger partial charge in [-0.25, -0.2) is 18.0 Å². The van der Waals surface area contributed by atoms with E-state index >= 15 is 0 Å². The first-order chi connectivity index (χ1) is 14.2. The van der Waals surface area contributed by atoms with Crippen LogP contribution < -0.4 is 11.1 Å². The Bertz CT molecular complexity index is 1050. The summed E-state index contributed by atoms with van der Waals surface area (Å²) in [6.45, 7) is 0.214. The van der Waals surface area contributed by atoms with E-state index in [-0.39, 0.29) is 23.7 Å². The Kier molecular flexibility index (Phi) is 8.73. The molecule has 0 unspecified atom stereocenters. The maximum atomic E-state index is 13.9. The molecular weight excluding hydrogens is 529 g/mol. The lowest BCUT2D eigenvalue weighted by Crippen LogP contribution is -2.06. The Morgan fingerprint density at radius 3 is 2.10 bits per heavy atom. The first-order valence-electron chi connectivity index (χ1n) is 8.47. The number of carbonyl (C=O) groups excluding carboxylic acids is 1. The second-order valence-electron chi connectivity index (χ2n) is 5.95. The van der Waals surface area contributed by atoms with Crippen molar-refractivity contribution in [3.05, 3.63) is 92.1 Å². The number of hydrogen-bond acceptors (Lipinski definition) is 4. The molecule has 3 rings (SSSR count). The number of methoxy groups -OCH3 is 1.